The largest absolute Gasteiger partial charge is 0.495 e. The van der Waals surface area contributed by atoms with E-state index in [-0.39, 0.29) is 5.92 Å². The number of para-hydroxylation sites is 2. The zero-order valence-corrected chi connectivity index (χ0v) is 19.3. The molecule has 2 aliphatic rings. The first-order chi connectivity index (χ1) is 15.7. The third-order valence-electron chi connectivity index (χ3n) is 6.57. The smallest absolute Gasteiger partial charge is 0.225 e. The molecule has 0 bridgehead atoms. The van der Waals surface area contributed by atoms with Gasteiger partial charge in [-0.3, -0.25) is 9.69 Å². The van der Waals surface area contributed by atoms with Gasteiger partial charge >= 0.3 is 0 Å². The Morgan fingerprint density at radius 3 is 2.44 bits per heavy atom. The molecule has 0 unspecified atom stereocenters. The second-order valence-electron chi connectivity index (χ2n) is 8.62. The average molecular weight is 438 g/mol. The molecule has 6 heteroatoms. The molecular weight excluding hydrogens is 402 g/mol. The van der Waals surface area contributed by atoms with Crippen LogP contribution >= 0.6 is 0 Å². The van der Waals surface area contributed by atoms with Gasteiger partial charge in [-0.15, -0.1) is 0 Å². The maximum absolute atomic E-state index is 13.1. The van der Waals surface area contributed by atoms with Gasteiger partial charge in [0.1, 0.15) is 11.5 Å². The highest BCUT2D eigenvalue weighted by atomic mass is 16.5. The number of rotatable bonds is 7. The third-order valence-corrected chi connectivity index (χ3v) is 6.57. The van der Waals surface area contributed by atoms with E-state index in [4.69, 9.17) is 9.47 Å². The maximum atomic E-state index is 13.1. The summed E-state index contributed by atoms with van der Waals surface area (Å²) in [6.45, 7) is 8.80. The van der Waals surface area contributed by atoms with Gasteiger partial charge in [0.05, 0.1) is 19.4 Å². The van der Waals surface area contributed by atoms with Gasteiger partial charge in [-0.2, -0.15) is 0 Å². The number of anilines is 1. The topological polar surface area (TPSA) is 45.2 Å². The van der Waals surface area contributed by atoms with Crippen molar-refractivity contribution in [2.24, 2.45) is 5.92 Å². The summed E-state index contributed by atoms with van der Waals surface area (Å²) in [4.78, 5) is 20.0. The van der Waals surface area contributed by atoms with Crippen molar-refractivity contribution in [2.75, 3.05) is 57.9 Å². The molecule has 32 heavy (non-hydrogen) atoms. The summed E-state index contributed by atoms with van der Waals surface area (Å²) in [5.74, 6) is 2.32. The van der Waals surface area contributed by atoms with Gasteiger partial charge in [0.2, 0.25) is 5.91 Å². The highest BCUT2D eigenvalue weighted by Crippen LogP contribution is 2.29. The molecule has 0 spiro atoms. The van der Waals surface area contributed by atoms with Crippen LogP contribution in [0.25, 0.3) is 0 Å². The second kappa shape index (κ2) is 10.7. The molecule has 0 N–H and O–H groups in total. The van der Waals surface area contributed by atoms with Crippen LogP contribution in [0.5, 0.6) is 11.5 Å². The summed E-state index contributed by atoms with van der Waals surface area (Å²) < 4.78 is 11.1. The van der Waals surface area contributed by atoms with E-state index in [0.29, 0.717) is 12.5 Å². The average Bonchev–Trinajstić information content (AvgIpc) is 2.85. The summed E-state index contributed by atoms with van der Waals surface area (Å²) in [6, 6.07) is 16.5. The quantitative estimate of drug-likeness (QED) is 0.662. The SMILES string of the molecule is CCOc1cccc(CN2CCC(C(=O)N3CCN(c4ccccc4OC)CC3)CC2)c1. The van der Waals surface area contributed by atoms with E-state index in [9.17, 15) is 4.79 Å². The van der Waals surface area contributed by atoms with E-state index in [1.165, 1.54) is 5.56 Å². The van der Waals surface area contributed by atoms with Gasteiger partial charge in [-0.05, 0) is 62.7 Å². The van der Waals surface area contributed by atoms with E-state index in [1.807, 2.05) is 31.2 Å². The lowest BCUT2D eigenvalue weighted by atomic mass is 9.94. The van der Waals surface area contributed by atoms with Crippen LogP contribution in [-0.4, -0.2) is 68.7 Å². The summed E-state index contributed by atoms with van der Waals surface area (Å²) in [5, 5.41) is 0. The predicted octanol–water partition coefficient (Wildman–Crippen LogP) is 3.65. The lowest BCUT2D eigenvalue weighted by Crippen LogP contribution is -2.51. The van der Waals surface area contributed by atoms with Crippen LogP contribution in [-0.2, 0) is 11.3 Å². The molecule has 0 aromatic heterocycles. The molecular formula is C26H35N3O3. The van der Waals surface area contributed by atoms with Gasteiger partial charge in [0.15, 0.2) is 0 Å². The zero-order valence-electron chi connectivity index (χ0n) is 19.3. The Bertz CT molecular complexity index is 887. The number of hydrogen-bond acceptors (Lipinski definition) is 5. The third kappa shape index (κ3) is 5.36. The summed E-state index contributed by atoms with van der Waals surface area (Å²) in [7, 11) is 1.71. The van der Waals surface area contributed by atoms with Crippen LogP contribution in [0.15, 0.2) is 48.5 Å². The van der Waals surface area contributed by atoms with Crippen molar-refractivity contribution >= 4 is 11.6 Å². The molecule has 0 radical (unpaired) electrons. The van der Waals surface area contributed by atoms with Crippen LogP contribution < -0.4 is 14.4 Å². The highest BCUT2D eigenvalue weighted by Gasteiger charge is 2.30. The van der Waals surface area contributed by atoms with Crippen LogP contribution in [0.4, 0.5) is 5.69 Å². The normalized spacial score (nSPS) is 17.9. The molecule has 2 aromatic rings. The van der Waals surface area contributed by atoms with E-state index in [2.05, 4.69) is 39.0 Å². The second-order valence-corrected chi connectivity index (χ2v) is 8.62. The first-order valence-electron chi connectivity index (χ1n) is 11.8. The molecule has 2 saturated heterocycles. The Morgan fingerprint density at radius 2 is 1.72 bits per heavy atom. The van der Waals surface area contributed by atoms with E-state index in [1.54, 1.807) is 7.11 Å². The van der Waals surface area contributed by atoms with Gasteiger partial charge < -0.3 is 19.3 Å². The number of carbonyl (C=O) groups excluding carboxylic acids is 1. The maximum Gasteiger partial charge on any atom is 0.225 e. The molecule has 6 nitrogen and oxygen atoms in total. The van der Waals surface area contributed by atoms with E-state index in [0.717, 1.165) is 75.8 Å². The standard InChI is InChI=1S/C26H35N3O3/c1-3-32-23-8-6-7-21(19-23)20-27-13-11-22(12-14-27)26(30)29-17-15-28(16-18-29)24-9-4-5-10-25(24)31-2/h4-10,19,22H,3,11-18,20H2,1-2H3. The van der Waals surface area contributed by atoms with E-state index < -0.39 is 0 Å². The number of ether oxygens (including phenoxy) is 2. The molecule has 2 aliphatic heterocycles. The van der Waals surface area contributed by atoms with Crippen LogP contribution in [0.3, 0.4) is 0 Å². The van der Waals surface area contributed by atoms with Gasteiger partial charge in [0.25, 0.3) is 0 Å². The first kappa shape index (κ1) is 22.5. The van der Waals surface area contributed by atoms with Crippen molar-refractivity contribution in [1.29, 1.82) is 0 Å². The van der Waals surface area contributed by atoms with Crippen LogP contribution in [0.1, 0.15) is 25.3 Å². The summed E-state index contributed by atoms with van der Waals surface area (Å²) in [5.41, 5.74) is 2.39. The molecule has 0 atom stereocenters. The van der Waals surface area contributed by atoms with Gasteiger partial charge in [-0.25, -0.2) is 0 Å². The molecule has 4 rings (SSSR count). The highest BCUT2D eigenvalue weighted by molar-refractivity contribution is 5.79. The zero-order chi connectivity index (χ0) is 22.3. The number of piperidine rings is 1. The van der Waals surface area contributed by atoms with Crippen molar-refractivity contribution in [3.63, 3.8) is 0 Å². The Morgan fingerprint density at radius 1 is 0.969 bits per heavy atom. The molecule has 0 aliphatic carbocycles. The van der Waals surface area contributed by atoms with Crippen molar-refractivity contribution in [2.45, 2.75) is 26.3 Å². The number of hydrogen-bond donors (Lipinski definition) is 0. The number of amides is 1. The van der Waals surface area contributed by atoms with Crippen molar-refractivity contribution in [3.8, 4) is 11.5 Å². The number of likely N-dealkylation sites (tertiary alicyclic amines) is 1. The first-order valence-corrected chi connectivity index (χ1v) is 11.8. The van der Waals surface area contributed by atoms with Crippen LogP contribution in [0, 0.1) is 5.92 Å². The minimum Gasteiger partial charge on any atom is -0.495 e. The monoisotopic (exact) mass is 437 g/mol. The lowest BCUT2D eigenvalue weighted by Gasteiger charge is -2.39. The minimum atomic E-state index is 0.152. The predicted molar refractivity (Wildman–Crippen MR) is 127 cm³/mol. The number of nitrogens with zero attached hydrogens (tertiary/aromatic N) is 3. The fourth-order valence-electron chi connectivity index (χ4n) is 4.81. The van der Waals surface area contributed by atoms with Crippen molar-refractivity contribution in [1.82, 2.24) is 9.80 Å². The molecule has 2 fully saturated rings. The Hall–Kier alpha value is -2.73. The van der Waals surface area contributed by atoms with Gasteiger partial charge in [0, 0.05) is 38.6 Å². The van der Waals surface area contributed by atoms with Gasteiger partial charge in [-0.1, -0.05) is 24.3 Å². The van der Waals surface area contributed by atoms with Crippen molar-refractivity contribution < 1.29 is 14.3 Å². The molecule has 1 amide bonds. The summed E-state index contributed by atoms with van der Waals surface area (Å²) in [6.07, 6.45) is 1.88. The van der Waals surface area contributed by atoms with Crippen molar-refractivity contribution in [3.05, 3.63) is 54.1 Å². The Labute approximate surface area is 191 Å². The molecule has 2 aromatic carbocycles. The Balaban J connectivity index is 1.25. The summed E-state index contributed by atoms with van der Waals surface area (Å²) >= 11 is 0. The number of benzene rings is 2. The fourth-order valence-corrected chi connectivity index (χ4v) is 4.81. The minimum absolute atomic E-state index is 0.152. The van der Waals surface area contributed by atoms with Crippen LogP contribution in [0.2, 0.25) is 0 Å². The molecule has 0 saturated carbocycles. The fraction of sp³-hybridized carbons (Fsp3) is 0.500. The molecule has 172 valence electrons. The number of carbonyl (C=O) groups is 1. The number of methoxy groups -OCH3 is 1. The molecule has 2 heterocycles. The van der Waals surface area contributed by atoms with E-state index >= 15 is 0 Å². The Kier molecular flexibility index (Phi) is 7.53. The lowest BCUT2D eigenvalue weighted by molar-refractivity contribution is -0.137. The number of piperazine rings is 1.